The minimum atomic E-state index is 0.0121. The van der Waals surface area contributed by atoms with Crippen molar-refractivity contribution in [1.82, 2.24) is 4.90 Å². The molecule has 0 radical (unpaired) electrons. The summed E-state index contributed by atoms with van der Waals surface area (Å²) in [6.07, 6.45) is 6.55. The fourth-order valence-electron chi connectivity index (χ4n) is 3.74. The molecule has 0 aromatic rings. The molecule has 2 aliphatic carbocycles. The van der Waals surface area contributed by atoms with Crippen LogP contribution in [0.5, 0.6) is 0 Å². The van der Waals surface area contributed by atoms with Crippen molar-refractivity contribution in [3.8, 4) is 0 Å². The summed E-state index contributed by atoms with van der Waals surface area (Å²) in [4.78, 5) is 26.1. The van der Waals surface area contributed by atoms with Gasteiger partial charge in [0.1, 0.15) is 0 Å². The van der Waals surface area contributed by atoms with Gasteiger partial charge < -0.3 is 5.73 Å². The van der Waals surface area contributed by atoms with Gasteiger partial charge in [-0.3, -0.25) is 14.5 Å². The highest BCUT2D eigenvalue weighted by atomic mass is 16.2. The van der Waals surface area contributed by atoms with Crippen LogP contribution in [0, 0.1) is 11.8 Å². The molecule has 2 saturated carbocycles. The molecule has 1 aliphatic heterocycles. The van der Waals surface area contributed by atoms with Crippen LogP contribution in [-0.2, 0) is 9.59 Å². The number of nitrogens with two attached hydrogens (primary N) is 1. The van der Waals surface area contributed by atoms with E-state index >= 15 is 0 Å². The maximum Gasteiger partial charge on any atom is 0.233 e. The normalized spacial score (nSPS) is 42.1. The van der Waals surface area contributed by atoms with E-state index in [2.05, 4.69) is 0 Å². The molecule has 2 N–H and O–H groups in total. The Bertz CT molecular complexity index is 325. The molecule has 17 heavy (non-hydrogen) atoms. The number of carbonyl (C=O) groups excluding carboxylic acids is 2. The first kappa shape index (κ1) is 11.2. The smallest absolute Gasteiger partial charge is 0.233 e. The summed E-state index contributed by atoms with van der Waals surface area (Å²) in [5.41, 5.74) is 5.87. The third-order valence-electron chi connectivity index (χ3n) is 4.73. The van der Waals surface area contributed by atoms with Gasteiger partial charge in [-0.25, -0.2) is 0 Å². The molecule has 0 spiro atoms. The van der Waals surface area contributed by atoms with Crippen molar-refractivity contribution in [2.75, 3.05) is 0 Å². The van der Waals surface area contributed by atoms with Crippen molar-refractivity contribution in [2.24, 2.45) is 17.6 Å². The van der Waals surface area contributed by atoms with Crippen LogP contribution in [0.2, 0.25) is 0 Å². The zero-order valence-electron chi connectivity index (χ0n) is 10.1. The molecule has 3 rings (SSSR count). The maximum atomic E-state index is 12.3. The maximum absolute atomic E-state index is 12.3. The molecule has 0 bridgehead atoms. The van der Waals surface area contributed by atoms with Crippen LogP contribution in [0.1, 0.15) is 44.9 Å². The van der Waals surface area contributed by atoms with Crippen molar-refractivity contribution in [1.29, 1.82) is 0 Å². The molecule has 0 aromatic carbocycles. The first-order valence-electron chi connectivity index (χ1n) is 6.81. The number of rotatable bonds is 1. The molecule has 4 heteroatoms. The highest BCUT2D eigenvalue weighted by Gasteiger charge is 2.51. The van der Waals surface area contributed by atoms with Gasteiger partial charge in [-0.2, -0.15) is 0 Å². The zero-order chi connectivity index (χ0) is 12.0. The van der Waals surface area contributed by atoms with Gasteiger partial charge in [-0.15, -0.1) is 0 Å². The van der Waals surface area contributed by atoms with Gasteiger partial charge >= 0.3 is 0 Å². The van der Waals surface area contributed by atoms with E-state index < -0.39 is 0 Å². The van der Waals surface area contributed by atoms with Crippen molar-refractivity contribution in [3.63, 3.8) is 0 Å². The lowest BCUT2D eigenvalue weighted by atomic mass is 9.91. The Kier molecular flexibility index (Phi) is 2.69. The first-order chi connectivity index (χ1) is 8.18. The van der Waals surface area contributed by atoms with Crippen LogP contribution in [-0.4, -0.2) is 28.8 Å². The topological polar surface area (TPSA) is 63.4 Å². The van der Waals surface area contributed by atoms with Crippen molar-refractivity contribution in [2.45, 2.75) is 57.0 Å². The van der Waals surface area contributed by atoms with E-state index in [1.807, 2.05) is 0 Å². The fraction of sp³-hybridized carbons (Fsp3) is 0.846. The van der Waals surface area contributed by atoms with E-state index in [4.69, 9.17) is 5.73 Å². The van der Waals surface area contributed by atoms with Crippen LogP contribution >= 0.6 is 0 Å². The second kappa shape index (κ2) is 4.09. The minimum absolute atomic E-state index is 0.0121. The number of hydrogen-bond acceptors (Lipinski definition) is 3. The van der Waals surface area contributed by atoms with Gasteiger partial charge in [-0.1, -0.05) is 6.42 Å². The molecular weight excluding hydrogens is 216 g/mol. The largest absolute Gasteiger partial charge is 0.328 e. The van der Waals surface area contributed by atoms with E-state index in [1.165, 1.54) is 0 Å². The summed E-state index contributed by atoms with van der Waals surface area (Å²) in [5.74, 6) is 0.243. The molecule has 94 valence electrons. The summed E-state index contributed by atoms with van der Waals surface area (Å²) in [6, 6.07) is 0.402. The molecule has 1 saturated heterocycles. The average Bonchev–Trinajstić information content (AvgIpc) is 2.87. The van der Waals surface area contributed by atoms with Crippen LogP contribution in [0.25, 0.3) is 0 Å². The summed E-state index contributed by atoms with van der Waals surface area (Å²) in [5, 5.41) is 0. The Morgan fingerprint density at radius 3 is 1.94 bits per heavy atom. The molecule has 3 fully saturated rings. The van der Waals surface area contributed by atoms with Gasteiger partial charge in [0.25, 0.3) is 0 Å². The SMILES string of the molecule is NC1CCC(N2C(=O)C3CCCC3C2=O)CC1. The lowest BCUT2D eigenvalue weighted by molar-refractivity contribution is -0.143. The monoisotopic (exact) mass is 236 g/mol. The summed E-state index contributed by atoms with van der Waals surface area (Å²) < 4.78 is 0. The van der Waals surface area contributed by atoms with E-state index in [0.29, 0.717) is 0 Å². The quantitative estimate of drug-likeness (QED) is 0.692. The Morgan fingerprint density at radius 1 is 0.882 bits per heavy atom. The highest BCUT2D eigenvalue weighted by Crippen LogP contribution is 2.42. The molecule has 2 atom stereocenters. The van der Waals surface area contributed by atoms with E-state index in [1.54, 1.807) is 4.90 Å². The van der Waals surface area contributed by atoms with Crippen molar-refractivity contribution >= 4 is 11.8 Å². The number of amides is 2. The van der Waals surface area contributed by atoms with Crippen LogP contribution in [0.3, 0.4) is 0 Å². The van der Waals surface area contributed by atoms with Crippen molar-refractivity contribution < 1.29 is 9.59 Å². The summed E-state index contributed by atoms with van der Waals surface area (Å²) in [7, 11) is 0. The van der Waals surface area contributed by atoms with Gasteiger partial charge in [0.2, 0.25) is 11.8 Å². The second-order valence-corrected chi connectivity index (χ2v) is 5.76. The summed E-state index contributed by atoms with van der Waals surface area (Å²) in [6.45, 7) is 0. The van der Waals surface area contributed by atoms with Crippen LogP contribution in [0.4, 0.5) is 0 Å². The minimum Gasteiger partial charge on any atom is -0.328 e. The highest BCUT2D eigenvalue weighted by molar-refractivity contribution is 6.05. The second-order valence-electron chi connectivity index (χ2n) is 5.76. The van der Waals surface area contributed by atoms with Crippen LogP contribution in [0.15, 0.2) is 0 Å². The fourth-order valence-corrected chi connectivity index (χ4v) is 3.74. The molecule has 2 unspecified atom stereocenters. The first-order valence-corrected chi connectivity index (χ1v) is 6.81. The Morgan fingerprint density at radius 2 is 1.41 bits per heavy atom. The zero-order valence-corrected chi connectivity index (χ0v) is 10.1. The van der Waals surface area contributed by atoms with Gasteiger partial charge in [0.05, 0.1) is 11.8 Å². The number of likely N-dealkylation sites (tertiary alicyclic amines) is 1. The molecule has 0 aromatic heterocycles. The van der Waals surface area contributed by atoms with Crippen molar-refractivity contribution in [3.05, 3.63) is 0 Å². The van der Waals surface area contributed by atoms with Crippen LogP contribution < -0.4 is 5.73 Å². The third kappa shape index (κ3) is 1.69. The molecule has 4 nitrogen and oxygen atoms in total. The number of nitrogens with zero attached hydrogens (tertiary/aromatic N) is 1. The number of imide groups is 1. The number of hydrogen-bond donors (Lipinski definition) is 1. The molecular formula is C13H20N2O2. The van der Waals surface area contributed by atoms with E-state index in [0.717, 1.165) is 44.9 Å². The average molecular weight is 236 g/mol. The Hall–Kier alpha value is -0.900. The lowest BCUT2D eigenvalue weighted by Crippen LogP contribution is -2.44. The van der Waals surface area contributed by atoms with Gasteiger partial charge in [0, 0.05) is 12.1 Å². The van der Waals surface area contributed by atoms with Gasteiger partial charge in [0.15, 0.2) is 0 Å². The number of carbonyl (C=O) groups is 2. The standard InChI is InChI=1S/C13H20N2O2/c14-8-4-6-9(7-5-8)15-12(16)10-2-1-3-11(10)13(15)17/h8-11H,1-7,14H2. The Labute approximate surface area is 102 Å². The molecule has 2 amide bonds. The van der Waals surface area contributed by atoms with E-state index in [-0.39, 0.29) is 35.7 Å². The lowest BCUT2D eigenvalue weighted by Gasteiger charge is -2.32. The predicted octanol–water partition coefficient (Wildman–Crippen LogP) is 1.04. The number of fused-ring (bicyclic) bond motifs is 1. The predicted molar refractivity (Wildman–Crippen MR) is 62.9 cm³/mol. The molecule has 1 heterocycles. The third-order valence-corrected chi connectivity index (χ3v) is 4.73. The van der Waals surface area contributed by atoms with E-state index in [9.17, 15) is 9.59 Å². The Balaban J connectivity index is 1.75. The summed E-state index contributed by atoms with van der Waals surface area (Å²) >= 11 is 0. The van der Waals surface area contributed by atoms with Gasteiger partial charge in [-0.05, 0) is 38.5 Å². The molecule has 3 aliphatic rings.